The summed E-state index contributed by atoms with van der Waals surface area (Å²) < 4.78 is 47.0. The van der Waals surface area contributed by atoms with Crippen LogP contribution >= 0.6 is 0 Å². The average molecular weight is 529 g/mol. The summed E-state index contributed by atoms with van der Waals surface area (Å²) in [7, 11) is 1.36. The van der Waals surface area contributed by atoms with Gasteiger partial charge in [-0.3, -0.25) is 9.63 Å². The molecule has 1 amide bonds. The van der Waals surface area contributed by atoms with E-state index < -0.39 is 17.2 Å². The van der Waals surface area contributed by atoms with Crippen molar-refractivity contribution in [1.29, 1.82) is 0 Å². The van der Waals surface area contributed by atoms with E-state index in [1.807, 2.05) is 13.8 Å². The van der Waals surface area contributed by atoms with Crippen LogP contribution in [0.1, 0.15) is 89.0 Å². The highest BCUT2D eigenvalue weighted by Crippen LogP contribution is 2.45. The predicted octanol–water partition coefficient (Wildman–Crippen LogP) is 4.71. The number of fused-ring (bicyclic) bond motifs is 1. The smallest absolute Gasteiger partial charge is 0.381 e. The lowest BCUT2D eigenvalue weighted by Crippen LogP contribution is -2.52. The molecule has 0 unspecified atom stereocenters. The molecular formula is C28H45F3N3O3+. The molecule has 1 atom stereocenters. The Kier molecular flexibility index (Phi) is 10.6. The van der Waals surface area contributed by atoms with E-state index in [2.05, 4.69) is 12.2 Å². The first-order chi connectivity index (χ1) is 17.7. The van der Waals surface area contributed by atoms with Gasteiger partial charge >= 0.3 is 6.18 Å². The summed E-state index contributed by atoms with van der Waals surface area (Å²) in [5.41, 5.74) is -0.0429. The van der Waals surface area contributed by atoms with Gasteiger partial charge < -0.3 is 15.0 Å². The summed E-state index contributed by atoms with van der Waals surface area (Å²) >= 11 is 0. The standard InChI is InChI=1S/C26H39F3N3O3.C2H6/c1-25(20-6-3-4-7-20,11-5-12-30-22-9-14-35-15-10-22)24(33)31-13-8-23-19(17-31)16-21(26(27,28)29)18-32(23)34-2;1-2/h16,18,20,22,30H,3-15,17H2,1-2H3;1-2H3/q+1;/t25-;/m1./s1. The normalized spacial score (nSPS) is 20.6. The first-order valence-corrected chi connectivity index (χ1v) is 14.0. The molecule has 2 aliphatic heterocycles. The van der Waals surface area contributed by atoms with Gasteiger partial charge in [-0.25, -0.2) is 0 Å². The van der Waals surface area contributed by atoms with Gasteiger partial charge in [-0.05, 0) is 57.1 Å². The molecule has 0 aromatic carbocycles. The van der Waals surface area contributed by atoms with Gasteiger partial charge in [0.05, 0.1) is 13.0 Å². The molecule has 37 heavy (non-hydrogen) atoms. The van der Waals surface area contributed by atoms with Gasteiger partial charge in [0, 0.05) is 41.5 Å². The number of pyridine rings is 1. The number of hydrogen-bond donors (Lipinski definition) is 1. The second-order valence-electron chi connectivity index (χ2n) is 10.5. The number of ether oxygens (including phenoxy) is 1. The molecule has 3 heterocycles. The number of rotatable bonds is 8. The number of nitrogens with one attached hydrogen (secondary N) is 1. The molecule has 1 aliphatic carbocycles. The Morgan fingerprint density at radius 1 is 1.19 bits per heavy atom. The van der Waals surface area contributed by atoms with E-state index in [1.54, 1.807) is 4.90 Å². The number of nitrogens with zero attached hydrogens (tertiary/aromatic N) is 2. The average Bonchev–Trinajstić information content (AvgIpc) is 3.47. The van der Waals surface area contributed by atoms with Gasteiger partial charge in [0.25, 0.3) is 0 Å². The molecule has 1 saturated carbocycles. The fraction of sp³-hybridized carbons (Fsp3) is 0.786. The quantitative estimate of drug-likeness (QED) is 0.392. The van der Waals surface area contributed by atoms with Gasteiger partial charge in [-0.2, -0.15) is 13.2 Å². The van der Waals surface area contributed by atoms with Gasteiger partial charge in [0.15, 0.2) is 0 Å². The molecule has 1 N–H and O–H groups in total. The first-order valence-electron chi connectivity index (χ1n) is 14.0. The Balaban J connectivity index is 0.00000186. The van der Waals surface area contributed by atoms with E-state index in [1.165, 1.54) is 17.9 Å². The molecule has 0 radical (unpaired) electrons. The zero-order valence-corrected chi connectivity index (χ0v) is 23.0. The molecule has 9 heteroatoms. The minimum atomic E-state index is -4.47. The maximum Gasteiger partial charge on any atom is 0.422 e. The number of aromatic nitrogens is 1. The SMILES string of the molecule is CC.CO[n+]1cc(C(F)(F)F)cc2c1CCN(C(=O)[C@](C)(CCCNC1CCOCC1)C1CCCC1)C2. The van der Waals surface area contributed by atoms with Crippen molar-refractivity contribution >= 4 is 5.91 Å². The molecule has 210 valence electrons. The van der Waals surface area contributed by atoms with Crippen molar-refractivity contribution in [2.24, 2.45) is 11.3 Å². The van der Waals surface area contributed by atoms with Crippen LogP contribution in [0, 0.1) is 11.3 Å². The van der Waals surface area contributed by atoms with Crippen molar-refractivity contribution < 1.29 is 32.3 Å². The maximum absolute atomic E-state index is 14.0. The van der Waals surface area contributed by atoms with Crippen LogP contribution in [-0.2, 0) is 28.7 Å². The summed E-state index contributed by atoms with van der Waals surface area (Å²) in [6.45, 7) is 9.23. The molecule has 6 nitrogen and oxygen atoms in total. The Hall–Kier alpha value is -1.87. The lowest BCUT2D eigenvalue weighted by molar-refractivity contribution is -0.891. The molecule has 4 rings (SSSR count). The van der Waals surface area contributed by atoms with E-state index in [0.29, 0.717) is 36.2 Å². The second-order valence-corrected chi connectivity index (χ2v) is 10.5. The Labute approximate surface area is 219 Å². The molecule has 0 bridgehead atoms. The molecule has 3 aliphatic rings. The summed E-state index contributed by atoms with van der Waals surface area (Å²) in [6, 6.07) is 1.65. The van der Waals surface area contributed by atoms with Crippen LogP contribution in [0.5, 0.6) is 0 Å². The van der Waals surface area contributed by atoms with Gasteiger partial charge in [0.1, 0.15) is 12.7 Å². The zero-order chi connectivity index (χ0) is 27.1. The fourth-order valence-electron chi connectivity index (χ4n) is 6.15. The van der Waals surface area contributed by atoms with Crippen molar-refractivity contribution in [3.05, 3.63) is 29.1 Å². The monoisotopic (exact) mass is 528 g/mol. The van der Waals surface area contributed by atoms with Crippen LogP contribution in [0.25, 0.3) is 0 Å². The van der Waals surface area contributed by atoms with Crippen LogP contribution in [0.4, 0.5) is 13.2 Å². The van der Waals surface area contributed by atoms with Gasteiger partial charge in [0.2, 0.25) is 17.8 Å². The van der Waals surface area contributed by atoms with Crippen LogP contribution in [-0.4, -0.2) is 50.3 Å². The molecule has 2 fully saturated rings. The van der Waals surface area contributed by atoms with E-state index >= 15 is 0 Å². The van der Waals surface area contributed by atoms with E-state index in [9.17, 15) is 18.0 Å². The van der Waals surface area contributed by atoms with E-state index in [4.69, 9.17) is 9.57 Å². The third kappa shape index (κ3) is 7.16. The predicted molar refractivity (Wildman–Crippen MR) is 136 cm³/mol. The van der Waals surface area contributed by atoms with Crippen LogP contribution < -0.4 is 14.9 Å². The highest BCUT2D eigenvalue weighted by atomic mass is 19.4. The third-order valence-electron chi connectivity index (χ3n) is 8.29. The highest BCUT2D eigenvalue weighted by molar-refractivity contribution is 5.83. The highest BCUT2D eigenvalue weighted by Gasteiger charge is 2.46. The molecule has 0 spiro atoms. The lowest BCUT2D eigenvalue weighted by Gasteiger charge is -2.40. The van der Waals surface area contributed by atoms with E-state index in [0.717, 1.165) is 77.3 Å². The zero-order valence-electron chi connectivity index (χ0n) is 23.0. The van der Waals surface area contributed by atoms with Crippen molar-refractivity contribution in [3.8, 4) is 0 Å². The summed E-state index contributed by atoms with van der Waals surface area (Å²) in [6.07, 6.45) is 5.09. The first kappa shape index (κ1) is 29.7. The number of amides is 1. The minimum Gasteiger partial charge on any atom is -0.381 e. The van der Waals surface area contributed by atoms with Crippen LogP contribution in [0.15, 0.2) is 12.3 Å². The number of carbonyl (C=O) groups excluding carboxylic acids is 1. The van der Waals surface area contributed by atoms with Crippen molar-refractivity contribution in [2.45, 2.75) is 97.3 Å². The second kappa shape index (κ2) is 13.3. The summed E-state index contributed by atoms with van der Waals surface area (Å²) in [4.78, 5) is 21.0. The molecule has 1 aromatic rings. The maximum atomic E-state index is 14.0. The van der Waals surface area contributed by atoms with Crippen molar-refractivity contribution in [2.75, 3.05) is 33.4 Å². The largest absolute Gasteiger partial charge is 0.422 e. The fourth-order valence-corrected chi connectivity index (χ4v) is 6.15. The van der Waals surface area contributed by atoms with Gasteiger partial charge in [-0.15, -0.1) is 0 Å². The Morgan fingerprint density at radius 3 is 2.49 bits per heavy atom. The molecule has 1 saturated heterocycles. The number of carbonyl (C=O) groups is 1. The number of halogens is 3. The number of alkyl halides is 3. The minimum absolute atomic E-state index is 0.0856. The number of hydrogen-bond acceptors (Lipinski definition) is 4. The Morgan fingerprint density at radius 2 is 1.86 bits per heavy atom. The van der Waals surface area contributed by atoms with E-state index in [-0.39, 0.29) is 12.5 Å². The molecule has 1 aromatic heterocycles. The summed E-state index contributed by atoms with van der Waals surface area (Å²) in [5.74, 6) is 0.410. The third-order valence-corrected chi connectivity index (χ3v) is 8.29. The topological polar surface area (TPSA) is 54.7 Å². The van der Waals surface area contributed by atoms with Crippen molar-refractivity contribution in [3.63, 3.8) is 0 Å². The lowest BCUT2D eigenvalue weighted by atomic mass is 9.71. The van der Waals surface area contributed by atoms with Crippen molar-refractivity contribution in [1.82, 2.24) is 10.2 Å². The Bertz CT molecular complexity index is 883. The van der Waals surface area contributed by atoms with Crippen LogP contribution in [0.3, 0.4) is 0 Å². The molecular weight excluding hydrogens is 483 g/mol. The van der Waals surface area contributed by atoms with Gasteiger partial charge in [-0.1, -0.05) is 33.6 Å². The van der Waals surface area contributed by atoms with Crippen LogP contribution in [0.2, 0.25) is 0 Å². The summed E-state index contributed by atoms with van der Waals surface area (Å²) in [5, 5.41) is 3.62.